The van der Waals surface area contributed by atoms with Crippen molar-refractivity contribution in [3.63, 3.8) is 0 Å². The van der Waals surface area contributed by atoms with E-state index in [1.54, 1.807) is 6.92 Å². The number of carbonyl (C=O) groups excluding carboxylic acids is 4. The molecule has 2 aromatic carbocycles. The van der Waals surface area contributed by atoms with Crippen molar-refractivity contribution in [1.29, 1.82) is 0 Å². The van der Waals surface area contributed by atoms with Crippen LogP contribution in [0.4, 0.5) is 4.39 Å². The van der Waals surface area contributed by atoms with Gasteiger partial charge in [0.05, 0.1) is 42.0 Å². The van der Waals surface area contributed by atoms with E-state index in [9.17, 15) is 34.5 Å². The van der Waals surface area contributed by atoms with Crippen LogP contribution in [0.3, 0.4) is 0 Å². The van der Waals surface area contributed by atoms with Crippen LogP contribution in [0.5, 0.6) is 17.2 Å². The fourth-order valence-corrected chi connectivity index (χ4v) is 6.14. The van der Waals surface area contributed by atoms with E-state index < -0.39 is 95.4 Å². The molecular weight excluding hydrogens is 557 g/mol. The van der Waals surface area contributed by atoms with Crippen molar-refractivity contribution in [3.8, 4) is 17.2 Å². The van der Waals surface area contributed by atoms with Gasteiger partial charge in [-0.05, 0) is 20.0 Å². The summed E-state index contributed by atoms with van der Waals surface area (Å²) in [7, 11) is 2.84. The lowest BCUT2D eigenvalue weighted by Gasteiger charge is -2.44. The van der Waals surface area contributed by atoms with Crippen LogP contribution in [-0.4, -0.2) is 89.6 Å². The van der Waals surface area contributed by atoms with Crippen LogP contribution in [0.2, 0.25) is 0 Å². The lowest BCUT2D eigenvalue weighted by atomic mass is 9.73. The van der Waals surface area contributed by atoms with E-state index in [-0.39, 0.29) is 34.3 Å². The van der Waals surface area contributed by atoms with Crippen LogP contribution in [0.15, 0.2) is 18.2 Å². The van der Waals surface area contributed by atoms with Crippen LogP contribution in [0.25, 0.3) is 0 Å². The van der Waals surface area contributed by atoms with Gasteiger partial charge in [0.1, 0.15) is 22.8 Å². The predicted molar refractivity (Wildman–Crippen MR) is 140 cm³/mol. The van der Waals surface area contributed by atoms with E-state index in [0.29, 0.717) is 0 Å². The Morgan fingerprint density at radius 3 is 2.48 bits per heavy atom. The van der Waals surface area contributed by atoms with Gasteiger partial charge >= 0.3 is 5.97 Å². The number of carbonyl (C=O) groups is 4. The number of alkyl halides is 1. The van der Waals surface area contributed by atoms with E-state index >= 15 is 4.39 Å². The largest absolute Gasteiger partial charge is 0.507 e. The zero-order valence-corrected chi connectivity index (χ0v) is 23.2. The fraction of sp³-hybridized carbons (Fsp3) is 0.448. The zero-order chi connectivity index (χ0) is 30.7. The van der Waals surface area contributed by atoms with E-state index in [1.165, 1.54) is 32.4 Å². The molecule has 1 heterocycles. The Hall–Kier alpha value is -3.91. The van der Waals surface area contributed by atoms with Crippen molar-refractivity contribution < 1.29 is 57.8 Å². The quantitative estimate of drug-likeness (QED) is 0.186. The summed E-state index contributed by atoms with van der Waals surface area (Å²) in [6, 6.07) is 3.56. The van der Waals surface area contributed by atoms with Gasteiger partial charge in [-0.15, -0.1) is 0 Å². The first-order valence-electron chi connectivity index (χ1n) is 13.2. The minimum absolute atomic E-state index is 0.0664. The van der Waals surface area contributed by atoms with Gasteiger partial charge in [0.25, 0.3) is 0 Å². The number of aldehydes is 1. The van der Waals surface area contributed by atoms with Crippen LogP contribution < -0.4 is 10.1 Å². The summed E-state index contributed by atoms with van der Waals surface area (Å²) in [4.78, 5) is 50.9. The molecule has 12 nitrogen and oxygen atoms in total. The lowest BCUT2D eigenvalue weighted by molar-refractivity contribution is -0.278. The van der Waals surface area contributed by atoms with E-state index in [0.717, 1.165) is 6.92 Å². The standard InChI is InChI=1S/C29H30FNO11/c1-11-22(31-3)27(41-12(2)33)21(30)28(40-11)42-16-9-29(38,10-32)8-14-18(16)26(37)20-19(24(14)35)23(34)13-6-5-7-15(39-4)17(13)25(20)36/h5-7,10-11,16,21-22,27-28,31,35,37-38H,8-9H2,1-4H3/t11?,16?,21?,22?,27?,28?,29-/m0/s1. The van der Waals surface area contributed by atoms with Gasteiger partial charge in [0, 0.05) is 36.5 Å². The highest BCUT2D eigenvalue weighted by molar-refractivity contribution is 6.31. The molecule has 0 spiro atoms. The molecular formula is C29H30FNO11. The second kappa shape index (κ2) is 10.7. The normalized spacial score (nSPS) is 30.1. The SMILES string of the molecule is CNC1C(C)OC(OC2C[C@](O)(C=O)Cc3c(O)c4c(c(O)c32)C(=O)c2c(OC)cccc2C4=O)C(F)C1OC(C)=O. The number of phenolic OH excluding ortho intramolecular Hbond substituents is 2. The topological polar surface area (TPSA) is 178 Å². The van der Waals surface area contributed by atoms with Crippen LogP contribution in [-0.2, 0) is 30.2 Å². The third-order valence-corrected chi connectivity index (χ3v) is 8.04. The molecule has 4 N–H and O–H groups in total. The Morgan fingerprint density at radius 1 is 1.17 bits per heavy atom. The molecule has 5 rings (SSSR count). The molecule has 0 radical (unpaired) electrons. The van der Waals surface area contributed by atoms with Gasteiger partial charge in [-0.1, -0.05) is 12.1 Å². The lowest BCUT2D eigenvalue weighted by Crippen LogP contribution is -2.61. The Kier molecular flexibility index (Phi) is 7.56. The molecule has 0 aromatic heterocycles. The van der Waals surface area contributed by atoms with Crippen molar-refractivity contribution >= 4 is 23.8 Å². The van der Waals surface area contributed by atoms with Gasteiger partial charge < -0.3 is 44.4 Å². The molecule has 0 bridgehead atoms. The number of likely N-dealkylation sites (N-methyl/N-ethyl adjacent to an activating group) is 1. The number of aliphatic hydroxyl groups is 1. The summed E-state index contributed by atoms with van der Waals surface area (Å²) in [5.74, 6) is -3.77. The third-order valence-electron chi connectivity index (χ3n) is 8.04. The summed E-state index contributed by atoms with van der Waals surface area (Å²) in [5.41, 5.74) is -3.84. The molecule has 42 heavy (non-hydrogen) atoms. The Labute approximate surface area is 239 Å². The van der Waals surface area contributed by atoms with Crippen LogP contribution >= 0.6 is 0 Å². The maximum absolute atomic E-state index is 15.8. The van der Waals surface area contributed by atoms with Gasteiger partial charge in [-0.3, -0.25) is 14.4 Å². The van der Waals surface area contributed by atoms with Crippen LogP contribution in [0, 0.1) is 0 Å². The third kappa shape index (κ3) is 4.53. The summed E-state index contributed by atoms with van der Waals surface area (Å²) in [5, 5.41) is 36.7. The molecule has 3 aliphatic rings. The molecule has 6 unspecified atom stereocenters. The molecule has 2 aromatic rings. The van der Waals surface area contributed by atoms with Gasteiger partial charge in [0.2, 0.25) is 5.78 Å². The Balaban J connectivity index is 1.64. The predicted octanol–water partition coefficient (Wildman–Crippen LogP) is 1.42. The molecule has 2 aliphatic carbocycles. The number of fused-ring (bicyclic) bond motifs is 3. The highest BCUT2D eigenvalue weighted by Gasteiger charge is 2.51. The maximum Gasteiger partial charge on any atom is 0.303 e. The van der Waals surface area contributed by atoms with Crippen molar-refractivity contribution in [2.75, 3.05) is 14.2 Å². The van der Waals surface area contributed by atoms with E-state index in [4.69, 9.17) is 18.9 Å². The minimum atomic E-state index is -2.16. The number of aromatic hydroxyl groups is 2. The number of esters is 1. The molecule has 0 amide bonds. The number of nitrogens with one attached hydrogen (secondary N) is 1. The maximum atomic E-state index is 15.8. The molecule has 7 atom stereocenters. The first kappa shape index (κ1) is 29.6. The van der Waals surface area contributed by atoms with Crippen LogP contribution in [0.1, 0.15) is 69.3 Å². The average Bonchev–Trinajstić information content (AvgIpc) is 2.95. The van der Waals surface area contributed by atoms with Crippen molar-refractivity contribution in [2.24, 2.45) is 0 Å². The first-order chi connectivity index (χ1) is 19.9. The van der Waals surface area contributed by atoms with Crippen molar-refractivity contribution in [1.82, 2.24) is 5.32 Å². The van der Waals surface area contributed by atoms with Gasteiger partial charge in [0.15, 0.2) is 30.6 Å². The molecule has 224 valence electrons. The first-order valence-corrected chi connectivity index (χ1v) is 13.2. The highest BCUT2D eigenvalue weighted by Crippen LogP contribution is 2.52. The number of hydrogen-bond acceptors (Lipinski definition) is 12. The summed E-state index contributed by atoms with van der Waals surface area (Å²) >= 11 is 0. The number of rotatable bonds is 6. The fourth-order valence-electron chi connectivity index (χ4n) is 6.14. The highest BCUT2D eigenvalue weighted by atomic mass is 19.1. The smallest absolute Gasteiger partial charge is 0.303 e. The molecule has 1 saturated heterocycles. The van der Waals surface area contributed by atoms with Crippen molar-refractivity contribution in [3.05, 3.63) is 51.6 Å². The number of halogens is 1. The number of phenols is 2. The monoisotopic (exact) mass is 587 g/mol. The summed E-state index contributed by atoms with van der Waals surface area (Å²) in [6.07, 6.45) is -8.25. The van der Waals surface area contributed by atoms with Gasteiger partial charge in [-0.25, -0.2) is 4.39 Å². The number of hydrogen-bond donors (Lipinski definition) is 4. The van der Waals surface area contributed by atoms with E-state index in [2.05, 4.69) is 5.32 Å². The second-order valence-corrected chi connectivity index (χ2v) is 10.7. The Morgan fingerprint density at radius 2 is 1.86 bits per heavy atom. The van der Waals surface area contributed by atoms with E-state index in [1.807, 2.05) is 0 Å². The molecule has 0 saturated carbocycles. The molecule has 13 heteroatoms. The zero-order valence-electron chi connectivity index (χ0n) is 23.2. The number of ketones is 2. The molecule has 1 aliphatic heterocycles. The average molecular weight is 588 g/mol. The second-order valence-electron chi connectivity index (χ2n) is 10.7. The minimum Gasteiger partial charge on any atom is -0.507 e. The number of ether oxygens (including phenoxy) is 4. The van der Waals surface area contributed by atoms with Crippen molar-refractivity contribution in [2.45, 2.75) is 69.1 Å². The summed E-state index contributed by atoms with van der Waals surface area (Å²) < 4.78 is 37.9. The number of benzene rings is 2. The van der Waals surface area contributed by atoms with Gasteiger partial charge in [-0.2, -0.15) is 0 Å². The summed E-state index contributed by atoms with van der Waals surface area (Å²) in [6.45, 7) is 2.71. The number of methoxy groups -OCH3 is 1. The Bertz CT molecular complexity index is 1490. The molecule has 1 fully saturated rings.